The number of primary amides is 1. The van der Waals surface area contributed by atoms with E-state index in [1.807, 2.05) is 6.92 Å². The van der Waals surface area contributed by atoms with E-state index in [0.29, 0.717) is 37.1 Å². The van der Waals surface area contributed by atoms with Gasteiger partial charge < -0.3 is 52.0 Å². The van der Waals surface area contributed by atoms with Crippen LogP contribution in [0.5, 0.6) is 0 Å². The average molecular weight is 919 g/mol. The van der Waals surface area contributed by atoms with Gasteiger partial charge in [0.05, 0.1) is 6.42 Å². The molecule has 1 aromatic rings. The van der Waals surface area contributed by atoms with Gasteiger partial charge in [0.25, 0.3) is 0 Å². The molecule has 358 valence electrons. The number of hydrogen-bond acceptors (Lipinski definition) is 12. The molecule has 8 amide bonds. The normalized spacial score (nSPS) is 17.2. The minimum Gasteiger partial charge on any atom is -0.458 e. The molecule has 19 nitrogen and oxygen atoms in total. The number of esters is 1. The third-order valence-corrected chi connectivity index (χ3v) is 10.7. The molecule has 1 aromatic carbocycles. The van der Waals surface area contributed by atoms with Gasteiger partial charge in [-0.3, -0.25) is 33.6 Å². The topological polar surface area (TPSA) is 274 Å². The molecule has 1 aliphatic heterocycles. The highest BCUT2D eigenvalue weighted by Gasteiger charge is 2.41. The molecule has 1 heterocycles. The minimum atomic E-state index is -1.56. The summed E-state index contributed by atoms with van der Waals surface area (Å²) < 4.78 is 10.9. The Morgan fingerprint density at radius 3 is 1.80 bits per heavy atom. The van der Waals surface area contributed by atoms with Crippen molar-refractivity contribution in [3.05, 3.63) is 35.9 Å². The predicted molar refractivity (Wildman–Crippen MR) is 241 cm³/mol. The van der Waals surface area contributed by atoms with Crippen LogP contribution in [-0.2, 0) is 54.3 Å². The number of carbonyl (C=O) groups excluding carboxylic acids is 9. The third-order valence-electron chi connectivity index (χ3n) is 10.1. The fraction of sp³-hybridized carbons (Fsp3) is 0.659. The monoisotopic (exact) mass is 918 g/mol. The molecule has 0 aromatic heterocycles. The molecule has 8 N–H and O–H groups in total. The lowest BCUT2D eigenvalue weighted by atomic mass is 9.97. The summed E-state index contributed by atoms with van der Waals surface area (Å²) in [5.74, 6) is -5.74. The lowest BCUT2D eigenvalue weighted by molar-refractivity contribution is -0.163. The maximum atomic E-state index is 13.9. The summed E-state index contributed by atoms with van der Waals surface area (Å²) in [6, 6.07) is 0.502. The molecule has 0 radical (unpaired) electrons. The number of carbonyl (C=O) groups is 9. The second-order valence-electron chi connectivity index (χ2n) is 18.0. The Bertz CT molecular complexity index is 1800. The summed E-state index contributed by atoms with van der Waals surface area (Å²) in [6.45, 7) is 16.9. The van der Waals surface area contributed by atoms with E-state index in [4.69, 9.17) is 15.2 Å². The highest BCUT2D eigenvalue weighted by Crippen LogP contribution is 2.24. The smallest absolute Gasteiger partial charge is 0.408 e. The Kier molecular flexibility index (Phi) is 21.5. The fourth-order valence-corrected chi connectivity index (χ4v) is 7.01. The van der Waals surface area contributed by atoms with E-state index >= 15 is 0 Å². The Morgan fingerprint density at radius 1 is 0.734 bits per heavy atom. The van der Waals surface area contributed by atoms with Crippen LogP contribution in [0.4, 0.5) is 4.79 Å². The Balaban J connectivity index is 2.17. The van der Waals surface area contributed by atoms with E-state index in [-0.39, 0.29) is 18.8 Å². The molecule has 8 atom stereocenters. The van der Waals surface area contributed by atoms with Gasteiger partial charge in [0.2, 0.25) is 41.4 Å². The van der Waals surface area contributed by atoms with Gasteiger partial charge in [-0.1, -0.05) is 50.6 Å². The summed E-state index contributed by atoms with van der Waals surface area (Å²) >= 11 is 1.40. The van der Waals surface area contributed by atoms with Gasteiger partial charge in [-0.15, -0.1) is 0 Å². The van der Waals surface area contributed by atoms with Crippen LogP contribution in [0.15, 0.2) is 30.3 Å². The lowest BCUT2D eigenvalue weighted by Crippen LogP contribution is -2.60. The zero-order valence-electron chi connectivity index (χ0n) is 39.1. The Hall–Kier alpha value is -5.40. The summed E-state index contributed by atoms with van der Waals surface area (Å²) in [7, 11) is 0. The average Bonchev–Trinajstić information content (AvgIpc) is 3.69. The van der Waals surface area contributed by atoms with Gasteiger partial charge >= 0.3 is 12.1 Å². The molecule has 2 rings (SSSR count). The first-order valence-electron chi connectivity index (χ1n) is 21.6. The van der Waals surface area contributed by atoms with Crippen LogP contribution in [0.1, 0.15) is 107 Å². The lowest BCUT2D eigenvalue weighted by Gasteiger charge is -2.33. The van der Waals surface area contributed by atoms with Crippen molar-refractivity contribution in [2.45, 2.75) is 161 Å². The highest BCUT2D eigenvalue weighted by molar-refractivity contribution is 7.98. The van der Waals surface area contributed by atoms with Gasteiger partial charge in [0, 0.05) is 13.0 Å². The summed E-state index contributed by atoms with van der Waals surface area (Å²) in [5.41, 5.74) is 4.47. The first kappa shape index (κ1) is 54.7. The second-order valence-corrected chi connectivity index (χ2v) is 19.0. The minimum absolute atomic E-state index is 0.000846. The zero-order chi connectivity index (χ0) is 48.5. The first-order valence-corrected chi connectivity index (χ1v) is 23.0. The molecule has 0 bridgehead atoms. The van der Waals surface area contributed by atoms with Gasteiger partial charge in [-0.25, -0.2) is 9.59 Å². The van der Waals surface area contributed by atoms with E-state index in [9.17, 15) is 43.2 Å². The quantitative estimate of drug-likeness (QED) is 0.0818. The number of amides is 8. The number of hydrogen-bond donors (Lipinski definition) is 7. The zero-order valence-corrected chi connectivity index (χ0v) is 39.9. The number of rotatable bonds is 22. The standard InChI is InChI=1S/C44H70N8O11S/c1-12-25(2)34(40(59)52-21-16-19-32(52)41(60)62-43(5,6)7)51-36(55)27(4)46-37(56)29(20-22-64-11)48-35(54)26(3)47-38(57)31(24-33(45)53)49-39(58)30(23-28-17-14-13-15-18-28)50-42(61)63-44(8,9)10/h13-15,17-18,25-27,29-32,34H,12,16,19-24H2,1-11H3,(H2,45,53)(H,46,56)(H,47,57)(H,48,54)(H,49,58)(H,50,61)(H,51,55)/t25-,26-,27-,29-,30-,31-,32-,34-/m0/s1. The van der Waals surface area contributed by atoms with Crippen molar-refractivity contribution < 1.29 is 52.6 Å². The molecule has 64 heavy (non-hydrogen) atoms. The van der Waals surface area contributed by atoms with Crippen molar-refractivity contribution in [3.8, 4) is 0 Å². The van der Waals surface area contributed by atoms with Crippen molar-refractivity contribution in [1.82, 2.24) is 36.8 Å². The van der Waals surface area contributed by atoms with Crippen molar-refractivity contribution in [1.29, 1.82) is 0 Å². The maximum Gasteiger partial charge on any atom is 0.408 e. The molecule has 0 saturated carbocycles. The summed E-state index contributed by atoms with van der Waals surface area (Å²) in [6.07, 6.45) is 1.93. The van der Waals surface area contributed by atoms with E-state index in [1.54, 1.807) is 85.1 Å². The van der Waals surface area contributed by atoms with E-state index in [2.05, 4.69) is 31.9 Å². The summed E-state index contributed by atoms with van der Waals surface area (Å²) in [5, 5.41) is 15.4. The largest absolute Gasteiger partial charge is 0.458 e. The molecule has 0 aliphatic carbocycles. The van der Waals surface area contributed by atoms with Gasteiger partial charge in [0.1, 0.15) is 53.5 Å². The number of benzene rings is 1. The SMILES string of the molecule is CC[C@H](C)[C@H](NC(=O)[C@H](C)NC(=O)[C@H](CCSC)NC(=O)[C@H](C)NC(=O)[C@H](CC(N)=O)NC(=O)[C@H](Cc1ccccc1)NC(=O)OC(C)(C)C)C(=O)N1CCC[C@H]1C(=O)OC(C)(C)C. The number of alkyl carbamates (subject to hydrolysis) is 1. The Labute approximate surface area is 380 Å². The predicted octanol–water partition coefficient (Wildman–Crippen LogP) is 1.59. The number of nitrogens with one attached hydrogen (secondary N) is 6. The first-order chi connectivity index (χ1) is 29.8. The molecule has 0 spiro atoms. The van der Waals surface area contributed by atoms with E-state index in [0.717, 1.165) is 0 Å². The van der Waals surface area contributed by atoms with Crippen LogP contribution in [0, 0.1) is 5.92 Å². The van der Waals surface area contributed by atoms with E-state index < -0.39 is 113 Å². The van der Waals surface area contributed by atoms with Crippen LogP contribution >= 0.6 is 11.8 Å². The molecule has 1 saturated heterocycles. The third kappa shape index (κ3) is 18.8. The molecule has 1 aliphatic rings. The second kappa shape index (κ2) is 25.2. The van der Waals surface area contributed by atoms with Gasteiger partial charge in [-0.2, -0.15) is 11.8 Å². The molecular weight excluding hydrogens is 849 g/mol. The van der Waals surface area contributed by atoms with Crippen LogP contribution in [-0.4, -0.2) is 130 Å². The van der Waals surface area contributed by atoms with Crippen LogP contribution < -0.4 is 37.6 Å². The van der Waals surface area contributed by atoms with E-state index in [1.165, 1.54) is 30.5 Å². The summed E-state index contributed by atoms with van der Waals surface area (Å²) in [4.78, 5) is 121. The number of nitrogens with two attached hydrogens (primary N) is 1. The molecule has 20 heteroatoms. The maximum absolute atomic E-state index is 13.9. The van der Waals surface area contributed by atoms with Crippen LogP contribution in [0.25, 0.3) is 0 Å². The van der Waals surface area contributed by atoms with Crippen molar-refractivity contribution in [2.75, 3.05) is 18.6 Å². The highest BCUT2D eigenvalue weighted by atomic mass is 32.2. The van der Waals surface area contributed by atoms with Gasteiger partial charge in [-0.05, 0) is 98.1 Å². The molecular formula is C44H70N8O11S. The van der Waals surface area contributed by atoms with Crippen molar-refractivity contribution >= 4 is 65.2 Å². The van der Waals surface area contributed by atoms with Crippen molar-refractivity contribution in [2.24, 2.45) is 11.7 Å². The molecule has 1 fully saturated rings. The molecule has 0 unspecified atom stereocenters. The van der Waals surface area contributed by atoms with Crippen LogP contribution in [0.3, 0.4) is 0 Å². The van der Waals surface area contributed by atoms with Crippen LogP contribution in [0.2, 0.25) is 0 Å². The number of thioether (sulfide) groups is 1. The van der Waals surface area contributed by atoms with Gasteiger partial charge in [0.15, 0.2) is 0 Å². The van der Waals surface area contributed by atoms with Crippen molar-refractivity contribution in [3.63, 3.8) is 0 Å². The Morgan fingerprint density at radius 2 is 1.27 bits per heavy atom. The number of nitrogens with zero attached hydrogens (tertiary/aromatic N) is 1. The number of ether oxygens (including phenoxy) is 2. The fourth-order valence-electron chi connectivity index (χ4n) is 6.54. The number of likely N-dealkylation sites (tertiary alicyclic amines) is 1.